The predicted molar refractivity (Wildman–Crippen MR) is 79.2 cm³/mol. The third-order valence-electron chi connectivity index (χ3n) is 2.69. The molecule has 5 nitrogen and oxygen atoms in total. The zero-order valence-corrected chi connectivity index (χ0v) is 13.9. The molecule has 0 saturated heterocycles. The zero-order valence-electron chi connectivity index (χ0n) is 11.5. The second kappa shape index (κ2) is 6.30. The van der Waals surface area contributed by atoms with Crippen LogP contribution in [0.25, 0.3) is 0 Å². The van der Waals surface area contributed by atoms with Crippen molar-refractivity contribution >= 4 is 39.1 Å². The van der Waals surface area contributed by atoms with E-state index >= 15 is 0 Å². The van der Waals surface area contributed by atoms with Crippen molar-refractivity contribution in [1.29, 1.82) is 0 Å². The summed E-state index contributed by atoms with van der Waals surface area (Å²) in [5.74, 6) is -0.795. The summed E-state index contributed by atoms with van der Waals surface area (Å²) in [6.07, 6.45) is 0. The molecule has 1 amide bonds. The summed E-state index contributed by atoms with van der Waals surface area (Å²) in [4.78, 5) is 13.3. The van der Waals surface area contributed by atoms with Gasteiger partial charge in [0.15, 0.2) is 0 Å². The Morgan fingerprint density at radius 3 is 2.30 bits per heavy atom. The first-order valence-corrected chi connectivity index (χ1v) is 8.08. The molecule has 0 spiro atoms. The molecule has 1 aromatic rings. The van der Waals surface area contributed by atoms with E-state index in [9.17, 15) is 13.2 Å². The molecule has 0 atom stereocenters. The first-order chi connectivity index (χ1) is 9.08. The van der Waals surface area contributed by atoms with Gasteiger partial charge in [-0.05, 0) is 31.0 Å². The lowest BCUT2D eigenvalue weighted by Gasteiger charge is -2.15. The van der Waals surface area contributed by atoms with Crippen LogP contribution in [-0.2, 0) is 14.8 Å². The van der Waals surface area contributed by atoms with Crippen LogP contribution in [0.5, 0.6) is 0 Å². The molecule has 112 valence electrons. The standard InChI is InChI=1S/C12H16Cl2N2O3S/c1-6(2)12(17)15-16-20(18,19)11-8(4)9(13)5-7(3)10(11)14/h5-6,16H,1-4H3,(H,15,17). The number of rotatable bonds is 4. The Hall–Kier alpha value is -0.820. The van der Waals surface area contributed by atoms with Crippen molar-refractivity contribution in [3.05, 3.63) is 27.2 Å². The summed E-state index contributed by atoms with van der Waals surface area (Å²) in [7, 11) is -3.99. The van der Waals surface area contributed by atoms with Crippen LogP contribution in [0.4, 0.5) is 0 Å². The third kappa shape index (κ3) is 3.63. The largest absolute Gasteiger partial charge is 0.277 e. The Balaban J connectivity index is 3.20. The van der Waals surface area contributed by atoms with Crippen molar-refractivity contribution in [1.82, 2.24) is 10.3 Å². The minimum atomic E-state index is -3.99. The molecule has 2 N–H and O–H groups in total. The van der Waals surface area contributed by atoms with Crippen molar-refractivity contribution < 1.29 is 13.2 Å². The van der Waals surface area contributed by atoms with E-state index in [0.29, 0.717) is 16.1 Å². The van der Waals surface area contributed by atoms with Gasteiger partial charge in [0, 0.05) is 10.9 Å². The third-order valence-corrected chi connectivity index (χ3v) is 5.10. The van der Waals surface area contributed by atoms with E-state index in [1.54, 1.807) is 33.8 Å². The molecule has 0 aromatic heterocycles. The van der Waals surface area contributed by atoms with Crippen molar-refractivity contribution in [2.75, 3.05) is 0 Å². The van der Waals surface area contributed by atoms with Gasteiger partial charge in [-0.15, -0.1) is 4.83 Å². The molecular formula is C12H16Cl2N2O3S. The molecule has 0 bridgehead atoms. The first-order valence-electron chi connectivity index (χ1n) is 5.84. The lowest BCUT2D eigenvalue weighted by atomic mass is 10.2. The van der Waals surface area contributed by atoms with Crippen LogP contribution >= 0.6 is 23.2 Å². The van der Waals surface area contributed by atoms with Crippen molar-refractivity contribution in [3.8, 4) is 0 Å². The van der Waals surface area contributed by atoms with Crippen molar-refractivity contribution in [2.24, 2.45) is 5.92 Å². The normalized spacial score (nSPS) is 11.8. The van der Waals surface area contributed by atoms with E-state index in [4.69, 9.17) is 23.2 Å². The molecule has 20 heavy (non-hydrogen) atoms. The van der Waals surface area contributed by atoms with Crippen LogP contribution in [-0.4, -0.2) is 14.3 Å². The van der Waals surface area contributed by atoms with Gasteiger partial charge in [-0.1, -0.05) is 37.0 Å². The van der Waals surface area contributed by atoms with Gasteiger partial charge in [-0.2, -0.15) is 0 Å². The Morgan fingerprint density at radius 2 is 1.80 bits per heavy atom. The molecule has 0 saturated carbocycles. The number of carbonyl (C=O) groups is 1. The first kappa shape index (κ1) is 17.2. The van der Waals surface area contributed by atoms with Gasteiger partial charge in [0.05, 0.1) is 5.02 Å². The number of nitrogens with one attached hydrogen (secondary N) is 2. The topological polar surface area (TPSA) is 75.3 Å². The predicted octanol–water partition coefficient (Wildman–Crippen LogP) is 2.58. The summed E-state index contributed by atoms with van der Waals surface area (Å²) in [5.41, 5.74) is 3.00. The molecule has 0 radical (unpaired) electrons. The molecule has 0 heterocycles. The summed E-state index contributed by atoms with van der Waals surface area (Å²) in [5, 5.41) is 0.376. The van der Waals surface area contributed by atoms with Crippen LogP contribution in [0.1, 0.15) is 25.0 Å². The molecular weight excluding hydrogens is 323 g/mol. The average molecular weight is 339 g/mol. The number of halogens is 2. The molecule has 0 aliphatic heterocycles. The Bertz CT molecular complexity index is 616. The highest BCUT2D eigenvalue weighted by atomic mass is 35.5. The average Bonchev–Trinajstić information content (AvgIpc) is 2.33. The van der Waals surface area contributed by atoms with Crippen LogP contribution in [0.15, 0.2) is 11.0 Å². The summed E-state index contributed by atoms with van der Waals surface area (Å²) >= 11 is 12.0. The molecule has 1 aromatic carbocycles. The number of hydrogen-bond acceptors (Lipinski definition) is 3. The zero-order chi connectivity index (χ0) is 15.7. The summed E-state index contributed by atoms with van der Waals surface area (Å²) in [6.45, 7) is 6.49. The van der Waals surface area contributed by atoms with Crippen LogP contribution in [0, 0.1) is 19.8 Å². The number of amides is 1. The monoisotopic (exact) mass is 338 g/mol. The van der Waals surface area contributed by atoms with E-state index in [1.165, 1.54) is 0 Å². The summed E-state index contributed by atoms with van der Waals surface area (Å²) in [6, 6.07) is 1.59. The van der Waals surface area contributed by atoms with Gasteiger partial charge in [-0.25, -0.2) is 8.42 Å². The number of sulfonamides is 1. The second-order valence-electron chi connectivity index (χ2n) is 4.69. The molecule has 0 unspecified atom stereocenters. The number of hydrogen-bond donors (Lipinski definition) is 2. The fourth-order valence-corrected chi connectivity index (χ4v) is 3.51. The van der Waals surface area contributed by atoms with E-state index < -0.39 is 15.9 Å². The minimum absolute atomic E-state index is 0.0817. The highest BCUT2D eigenvalue weighted by molar-refractivity contribution is 7.89. The Morgan fingerprint density at radius 1 is 1.25 bits per heavy atom. The number of carbonyl (C=O) groups excluding carboxylic acids is 1. The van der Waals surface area contributed by atoms with E-state index in [-0.39, 0.29) is 15.8 Å². The van der Waals surface area contributed by atoms with Gasteiger partial charge in [0.1, 0.15) is 4.90 Å². The number of hydrazine groups is 1. The fraction of sp³-hybridized carbons (Fsp3) is 0.417. The fourth-order valence-electron chi connectivity index (χ4n) is 1.45. The van der Waals surface area contributed by atoms with Gasteiger partial charge >= 0.3 is 0 Å². The smallest absolute Gasteiger partial charge is 0.259 e. The lowest BCUT2D eigenvalue weighted by Crippen LogP contribution is -2.43. The maximum absolute atomic E-state index is 12.2. The maximum Gasteiger partial charge on any atom is 0.259 e. The Kier molecular flexibility index (Phi) is 5.43. The van der Waals surface area contributed by atoms with Crippen molar-refractivity contribution in [2.45, 2.75) is 32.6 Å². The van der Waals surface area contributed by atoms with Crippen LogP contribution < -0.4 is 10.3 Å². The van der Waals surface area contributed by atoms with Gasteiger partial charge < -0.3 is 0 Å². The Labute approximate surface area is 128 Å². The molecule has 0 aliphatic rings. The van der Waals surface area contributed by atoms with Gasteiger partial charge in [0.25, 0.3) is 10.0 Å². The lowest BCUT2D eigenvalue weighted by molar-refractivity contribution is -0.124. The minimum Gasteiger partial charge on any atom is -0.277 e. The molecule has 0 aliphatic carbocycles. The van der Waals surface area contributed by atoms with Crippen LogP contribution in [0.2, 0.25) is 10.0 Å². The number of aryl methyl sites for hydroxylation is 1. The molecule has 1 rings (SSSR count). The van der Waals surface area contributed by atoms with E-state index in [1.807, 2.05) is 4.83 Å². The highest BCUT2D eigenvalue weighted by Crippen LogP contribution is 2.32. The second-order valence-corrected chi connectivity index (χ2v) is 7.10. The molecule has 0 fully saturated rings. The van der Waals surface area contributed by atoms with Crippen LogP contribution in [0.3, 0.4) is 0 Å². The maximum atomic E-state index is 12.2. The van der Waals surface area contributed by atoms with Crippen molar-refractivity contribution in [3.63, 3.8) is 0 Å². The number of benzene rings is 1. The SMILES string of the molecule is Cc1cc(Cl)c(C)c(S(=O)(=O)NNC(=O)C(C)C)c1Cl. The highest BCUT2D eigenvalue weighted by Gasteiger charge is 2.24. The quantitative estimate of drug-likeness (QED) is 0.828. The van der Waals surface area contributed by atoms with E-state index in [2.05, 4.69) is 5.43 Å². The van der Waals surface area contributed by atoms with E-state index in [0.717, 1.165) is 0 Å². The van der Waals surface area contributed by atoms with Gasteiger partial charge in [0.2, 0.25) is 5.91 Å². The van der Waals surface area contributed by atoms with Gasteiger partial charge in [-0.3, -0.25) is 10.2 Å². The molecule has 8 heteroatoms. The summed E-state index contributed by atoms with van der Waals surface area (Å²) < 4.78 is 24.5.